The summed E-state index contributed by atoms with van der Waals surface area (Å²) in [5.74, 6) is 0.856. The van der Waals surface area contributed by atoms with E-state index in [1.54, 1.807) is 18.2 Å². The Morgan fingerprint density at radius 3 is 2.40 bits per heavy atom. The summed E-state index contributed by atoms with van der Waals surface area (Å²) in [4.78, 5) is 24.4. The second-order valence-corrected chi connectivity index (χ2v) is 9.33. The smallest absolute Gasteiger partial charge is 0.311 e. The van der Waals surface area contributed by atoms with Gasteiger partial charge >= 0.3 is 5.97 Å². The lowest BCUT2D eigenvalue weighted by molar-refractivity contribution is -0.134. The first-order valence-electron chi connectivity index (χ1n) is 11.4. The fourth-order valence-electron chi connectivity index (χ4n) is 3.08. The van der Waals surface area contributed by atoms with Gasteiger partial charge in [0.05, 0.1) is 18.2 Å². The van der Waals surface area contributed by atoms with Crippen LogP contribution in [0.3, 0.4) is 0 Å². The van der Waals surface area contributed by atoms with E-state index in [1.165, 1.54) is 18.7 Å². The van der Waals surface area contributed by atoms with Crippen molar-refractivity contribution < 1.29 is 23.8 Å². The lowest BCUT2D eigenvalue weighted by Crippen LogP contribution is -2.30. The molecule has 0 fully saturated rings. The topological polar surface area (TPSA) is 97.6 Å². The minimum absolute atomic E-state index is 0.0315. The maximum Gasteiger partial charge on any atom is 0.311 e. The molecule has 186 valence electrons. The number of hydrogen-bond donors (Lipinski definition) is 1. The van der Waals surface area contributed by atoms with Gasteiger partial charge in [-0.1, -0.05) is 26.0 Å². The fraction of sp³-hybridized carbons (Fsp3) is 0.370. The van der Waals surface area contributed by atoms with E-state index in [0.717, 1.165) is 10.2 Å². The van der Waals surface area contributed by atoms with Gasteiger partial charge in [0.25, 0.3) is 5.91 Å². The standard InChI is InChI=1S/C27H31BrN2O5/c1-17(2)20-9-11-23(22(28)15-20)34-12-6-7-26(31)35-24-10-8-19(14-25(24)33-5)13-21(16-29)27(32)30-18(3)4/h8-11,13-15,17-18H,6-7,12H2,1-5H3,(H,30,32)/b21-13+. The van der Waals surface area contributed by atoms with Crippen molar-refractivity contribution >= 4 is 33.9 Å². The molecule has 2 aromatic carbocycles. The van der Waals surface area contributed by atoms with E-state index in [2.05, 4.69) is 35.1 Å². The summed E-state index contributed by atoms with van der Waals surface area (Å²) in [5, 5.41) is 12.0. The third-order valence-corrected chi connectivity index (χ3v) is 5.53. The molecular formula is C27H31BrN2O5. The van der Waals surface area contributed by atoms with Crippen LogP contribution in [0, 0.1) is 11.3 Å². The van der Waals surface area contributed by atoms with Crippen molar-refractivity contribution in [3.63, 3.8) is 0 Å². The van der Waals surface area contributed by atoms with E-state index < -0.39 is 11.9 Å². The molecule has 0 saturated heterocycles. The quantitative estimate of drug-likeness (QED) is 0.127. The van der Waals surface area contributed by atoms with E-state index in [1.807, 2.05) is 38.1 Å². The van der Waals surface area contributed by atoms with Gasteiger partial charge in [-0.05, 0) is 83.6 Å². The molecule has 0 saturated carbocycles. The Bertz CT molecular complexity index is 1120. The summed E-state index contributed by atoms with van der Waals surface area (Å²) >= 11 is 3.53. The molecule has 0 unspecified atom stereocenters. The number of hydrogen-bond acceptors (Lipinski definition) is 6. The van der Waals surface area contributed by atoms with Crippen molar-refractivity contribution in [3.8, 4) is 23.3 Å². The van der Waals surface area contributed by atoms with Crippen LogP contribution in [0.15, 0.2) is 46.4 Å². The highest BCUT2D eigenvalue weighted by molar-refractivity contribution is 9.10. The number of esters is 1. The van der Waals surface area contributed by atoms with Crippen molar-refractivity contribution in [2.75, 3.05) is 13.7 Å². The first kappa shape index (κ1) is 27.9. The predicted molar refractivity (Wildman–Crippen MR) is 138 cm³/mol. The SMILES string of the molecule is COc1cc(/C=C(\C#N)C(=O)NC(C)C)ccc1OC(=O)CCCOc1ccc(C(C)C)cc1Br. The highest BCUT2D eigenvalue weighted by Crippen LogP contribution is 2.30. The van der Waals surface area contributed by atoms with E-state index in [0.29, 0.717) is 30.3 Å². The van der Waals surface area contributed by atoms with Gasteiger partial charge in [0.2, 0.25) is 0 Å². The number of halogens is 1. The Morgan fingerprint density at radius 1 is 1.09 bits per heavy atom. The Labute approximate surface area is 215 Å². The molecule has 1 N–H and O–H groups in total. The lowest BCUT2D eigenvalue weighted by atomic mass is 10.0. The van der Waals surface area contributed by atoms with Crippen LogP contribution < -0.4 is 19.5 Å². The summed E-state index contributed by atoms with van der Waals surface area (Å²) in [7, 11) is 1.45. The number of carbonyl (C=O) groups excluding carboxylic acids is 2. The average molecular weight is 543 g/mol. The molecule has 2 rings (SSSR count). The monoisotopic (exact) mass is 542 g/mol. The van der Waals surface area contributed by atoms with Gasteiger partial charge in [0.15, 0.2) is 11.5 Å². The third kappa shape index (κ3) is 8.76. The van der Waals surface area contributed by atoms with E-state index in [9.17, 15) is 14.9 Å². The van der Waals surface area contributed by atoms with Gasteiger partial charge in [0, 0.05) is 12.5 Å². The third-order valence-electron chi connectivity index (χ3n) is 4.91. The largest absolute Gasteiger partial charge is 0.493 e. The van der Waals surface area contributed by atoms with Gasteiger partial charge in [0.1, 0.15) is 17.4 Å². The number of carbonyl (C=O) groups is 2. The van der Waals surface area contributed by atoms with Crippen LogP contribution in [0.25, 0.3) is 6.08 Å². The van der Waals surface area contributed by atoms with Gasteiger partial charge < -0.3 is 19.5 Å². The fourth-order valence-corrected chi connectivity index (χ4v) is 3.59. The van der Waals surface area contributed by atoms with E-state index in [4.69, 9.17) is 14.2 Å². The van der Waals surface area contributed by atoms with Gasteiger partial charge in [-0.25, -0.2) is 0 Å². The van der Waals surface area contributed by atoms with E-state index >= 15 is 0 Å². The van der Waals surface area contributed by atoms with Crippen molar-refractivity contribution in [3.05, 3.63) is 57.6 Å². The molecule has 1 amide bonds. The molecule has 8 heteroatoms. The number of amides is 1. The highest BCUT2D eigenvalue weighted by Gasteiger charge is 2.14. The predicted octanol–water partition coefficient (Wildman–Crippen LogP) is 5.78. The van der Waals surface area contributed by atoms with Crippen molar-refractivity contribution in [2.24, 2.45) is 0 Å². The van der Waals surface area contributed by atoms with Crippen LogP contribution >= 0.6 is 15.9 Å². The van der Waals surface area contributed by atoms with Gasteiger partial charge in [-0.3, -0.25) is 9.59 Å². The second-order valence-electron chi connectivity index (χ2n) is 8.48. The molecule has 7 nitrogen and oxygen atoms in total. The molecule has 35 heavy (non-hydrogen) atoms. The zero-order valence-electron chi connectivity index (χ0n) is 20.7. The van der Waals surface area contributed by atoms with Gasteiger partial charge in [-0.15, -0.1) is 0 Å². The van der Waals surface area contributed by atoms with Gasteiger partial charge in [-0.2, -0.15) is 5.26 Å². The average Bonchev–Trinajstić information content (AvgIpc) is 2.81. The molecule has 0 atom stereocenters. The highest BCUT2D eigenvalue weighted by atomic mass is 79.9. The second kappa shape index (κ2) is 13.5. The normalized spacial score (nSPS) is 11.2. The maximum absolute atomic E-state index is 12.3. The molecule has 0 aliphatic rings. The molecule has 0 heterocycles. The van der Waals surface area contributed by atoms with Crippen LogP contribution in [0.4, 0.5) is 0 Å². The Kier molecular flexibility index (Phi) is 10.8. The summed E-state index contributed by atoms with van der Waals surface area (Å²) in [6.07, 6.45) is 2.10. The summed E-state index contributed by atoms with van der Waals surface area (Å²) in [6.45, 7) is 8.25. The zero-order valence-corrected chi connectivity index (χ0v) is 22.3. The van der Waals surface area contributed by atoms with Crippen molar-refractivity contribution in [1.29, 1.82) is 5.26 Å². The number of nitrogens with one attached hydrogen (secondary N) is 1. The molecule has 0 bridgehead atoms. The summed E-state index contributed by atoms with van der Waals surface area (Å²) in [5.41, 5.74) is 1.75. The summed E-state index contributed by atoms with van der Waals surface area (Å²) in [6, 6.07) is 12.6. The van der Waals surface area contributed by atoms with Crippen LogP contribution in [-0.2, 0) is 9.59 Å². The number of nitriles is 1. The Balaban J connectivity index is 1.94. The first-order valence-corrected chi connectivity index (χ1v) is 12.2. The molecule has 0 aliphatic heterocycles. The molecular weight excluding hydrogens is 512 g/mol. The van der Waals surface area contributed by atoms with E-state index in [-0.39, 0.29) is 23.8 Å². The number of ether oxygens (including phenoxy) is 3. The molecule has 2 aromatic rings. The minimum atomic E-state index is -0.456. The molecule has 0 aliphatic carbocycles. The summed E-state index contributed by atoms with van der Waals surface area (Å²) < 4.78 is 17.4. The van der Waals surface area contributed by atoms with Crippen molar-refractivity contribution in [1.82, 2.24) is 5.32 Å². The van der Waals surface area contributed by atoms with Crippen LogP contribution in [0.1, 0.15) is 57.6 Å². The maximum atomic E-state index is 12.3. The van der Waals surface area contributed by atoms with Crippen LogP contribution in [0.2, 0.25) is 0 Å². The number of nitrogens with zero attached hydrogens (tertiary/aromatic N) is 1. The Morgan fingerprint density at radius 2 is 1.80 bits per heavy atom. The first-order chi connectivity index (χ1) is 16.6. The van der Waals surface area contributed by atoms with Crippen LogP contribution in [-0.4, -0.2) is 31.6 Å². The molecule has 0 radical (unpaired) electrons. The number of methoxy groups -OCH3 is 1. The molecule has 0 aromatic heterocycles. The number of benzene rings is 2. The molecule has 0 spiro atoms. The Hall–Kier alpha value is -3.31. The number of rotatable bonds is 11. The zero-order chi connectivity index (χ0) is 26.0. The lowest BCUT2D eigenvalue weighted by Gasteiger charge is -2.12. The van der Waals surface area contributed by atoms with Crippen molar-refractivity contribution in [2.45, 2.75) is 52.5 Å². The van der Waals surface area contributed by atoms with Crippen LogP contribution in [0.5, 0.6) is 17.2 Å². The minimum Gasteiger partial charge on any atom is -0.493 e.